The second kappa shape index (κ2) is 16.0. The van der Waals surface area contributed by atoms with Crippen LogP contribution in [0.4, 0.5) is 9.59 Å². The van der Waals surface area contributed by atoms with Gasteiger partial charge >= 0.3 is 26.2 Å². The molecule has 13 heteroatoms. The van der Waals surface area contributed by atoms with Gasteiger partial charge in [-0.15, -0.1) is 0 Å². The topological polar surface area (TPSA) is 180 Å². The van der Waals surface area contributed by atoms with Gasteiger partial charge < -0.3 is 30.5 Å². The zero-order chi connectivity index (χ0) is 31.2. The molecule has 0 aromatic heterocycles. The van der Waals surface area contributed by atoms with Crippen molar-refractivity contribution in [2.75, 3.05) is 0 Å². The van der Waals surface area contributed by atoms with Crippen molar-refractivity contribution in [3.8, 4) is 0 Å². The van der Waals surface area contributed by atoms with Gasteiger partial charge in [-0.2, -0.15) is 4.89 Å². The number of hydrogen-bond acceptors (Lipinski definition) is 7. The molecule has 0 radical (unpaired) electrons. The molecule has 0 aliphatic rings. The van der Waals surface area contributed by atoms with Crippen molar-refractivity contribution < 1.29 is 43.2 Å². The molecule has 4 atom stereocenters. The lowest BCUT2D eigenvalue weighted by atomic mass is 10.0. The van der Waals surface area contributed by atoms with E-state index in [2.05, 4.69) is 16.0 Å². The second-order valence-corrected chi connectivity index (χ2v) is 11.0. The molecule has 3 aromatic carbocycles. The molecule has 3 aromatic rings. The summed E-state index contributed by atoms with van der Waals surface area (Å²) in [5, 5.41) is 14.4. The number of benzene rings is 3. The van der Waals surface area contributed by atoms with E-state index >= 15 is 0 Å². The molecule has 3 rings (SSSR count). The largest absolute Gasteiger partial charge is 0.536 e. The SMILES string of the molecule is CC(NC(=O)OCc1ccccc1)C(CC(=O)O)(NC(=O)[C@H](Cc1ccccc1)NC(=O)OCc1ccccc1)[P+](=O)O. The van der Waals surface area contributed by atoms with Crippen LogP contribution in [0.3, 0.4) is 0 Å². The van der Waals surface area contributed by atoms with Crippen LogP contribution >= 0.6 is 8.03 Å². The second-order valence-electron chi connectivity index (χ2n) is 9.63. The molecule has 0 bridgehead atoms. The monoisotopic (exact) mass is 610 g/mol. The van der Waals surface area contributed by atoms with Crippen LogP contribution in [-0.4, -0.2) is 51.4 Å². The third kappa shape index (κ3) is 10.2. The van der Waals surface area contributed by atoms with Crippen LogP contribution in [-0.2, 0) is 43.3 Å². The Morgan fingerprint density at radius 3 is 1.65 bits per heavy atom. The molecule has 0 aliphatic heterocycles. The zero-order valence-electron chi connectivity index (χ0n) is 23.3. The highest BCUT2D eigenvalue weighted by Gasteiger charge is 2.58. The number of ether oxygens (including phenoxy) is 2. The fourth-order valence-electron chi connectivity index (χ4n) is 4.14. The van der Waals surface area contributed by atoms with Crippen molar-refractivity contribution in [2.24, 2.45) is 0 Å². The van der Waals surface area contributed by atoms with Crippen LogP contribution in [0.15, 0.2) is 91.0 Å². The molecule has 43 heavy (non-hydrogen) atoms. The Morgan fingerprint density at radius 1 is 0.767 bits per heavy atom. The summed E-state index contributed by atoms with van der Waals surface area (Å²) in [5.74, 6) is -2.48. The van der Waals surface area contributed by atoms with Crippen LogP contribution in [0.5, 0.6) is 0 Å². The summed E-state index contributed by atoms with van der Waals surface area (Å²) in [4.78, 5) is 61.0. The zero-order valence-corrected chi connectivity index (χ0v) is 24.2. The van der Waals surface area contributed by atoms with Gasteiger partial charge in [0.05, 0.1) is 0 Å². The lowest BCUT2D eigenvalue weighted by molar-refractivity contribution is -0.138. The molecule has 0 heterocycles. The van der Waals surface area contributed by atoms with Gasteiger partial charge in [0, 0.05) is 6.42 Å². The summed E-state index contributed by atoms with van der Waals surface area (Å²) in [6.07, 6.45) is -3.02. The number of alkyl carbamates (subject to hydrolysis) is 2. The van der Waals surface area contributed by atoms with Gasteiger partial charge in [-0.25, -0.2) is 9.59 Å². The molecule has 0 saturated carbocycles. The number of carbonyl (C=O) groups is 4. The number of nitrogens with one attached hydrogen (secondary N) is 3. The average Bonchev–Trinajstić information content (AvgIpc) is 2.99. The molecular weight excluding hydrogens is 577 g/mol. The van der Waals surface area contributed by atoms with Crippen LogP contribution in [0, 0.1) is 0 Å². The first-order valence-corrected chi connectivity index (χ1v) is 14.5. The van der Waals surface area contributed by atoms with Gasteiger partial charge in [0.15, 0.2) is 0 Å². The minimum atomic E-state index is -3.45. The quantitative estimate of drug-likeness (QED) is 0.169. The van der Waals surface area contributed by atoms with E-state index in [1.165, 1.54) is 6.92 Å². The number of aliphatic carboxylic acids is 1. The van der Waals surface area contributed by atoms with Crippen molar-refractivity contribution in [1.29, 1.82) is 0 Å². The van der Waals surface area contributed by atoms with E-state index in [-0.39, 0.29) is 19.6 Å². The first-order chi connectivity index (χ1) is 20.6. The van der Waals surface area contributed by atoms with E-state index < -0.39 is 55.9 Å². The molecule has 5 N–H and O–H groups in total. The maximum atomic E-state index is 13.6. The highest BCUT2D eigenvalue weighted by Crippen LogP contribution is 2.39. The first kappa shape index (κ1) is 32.7. The Hall–Kier alpha value is -4.80. The summed E-state index contributed by atoms with van der Waals surface area (Å²) >= 11 is 0. The summed E-state index contributed by atoms with van der Waals surface area (Å²) in [6.45, 7) is 1.07. The smallest absolute Gasteiger partial charge is 0.481 e. The fourth-order valence-corrected chi connectivity index (χ4v) is 5.02. The summed E-state index contributed by atoms with van der Waals surface area (Å²) < 4.78 is 23.1. The summed E-state index contributed by atoms with van der Waals surface area (Å²) in [6, 6.07) is 23.5. The summed E-state index contributed by atoms with van der Waals surface area (Å²) in [5.41, 5.74) is 2.02. The Morgan fingerprint density at radius 2 is 1.21 bits per heavy atom. The first-order valence-electron chi connectivity index (χ1n) is 13.3. The molecule has 12 nitrogen and oxygen atoms in total. The predicted octanol–water partition coefficient (Wildman–Crippen LogP) is 3.86. The fraction of sp³-hybridized carbons (Fsp3) is 0.267. The molecule has 0 aliphatic carbocycles. The van der Waals surface area contributed by atoms with Crippen LogP contribution < -0.4 is 16.0 Å². The van der Waals surface area contributed by atoms with Crippen LogP contribution in [0.25, 0.3) is 0 Å². The van der Waals surface area contributed by atoms with Crippen molar-refractivity contribution in [3.63, 3.8) is 0 Å². The Kier molecular flexibility index (Phi) is 12.2. The van der Waals surface area contributed by atoms with E-state index in [0.29, 0.717) is 16.7 Å². The third-order valence-corrected chi connectivity index (χ3v) is 7.81. The van der Waals surface area contributed by atoms with Gasteiger partial charge in [-0.3, -0.25) is 9.59 Å². The van der Waals surface area contributed by atoms with E-state index in [4.69, 9.17) is 9.47 Å². The number of carbonyl (C=O) groups excluding carboxylic acids is 3. The summed E-state index contributed by atoms with van der Waals surface area (Å²) in [7, 11) is -3.45. The molecule has 0 spiro atoms. The number of rotatable bonds is 14. The van der Waals surface area contributed by atoms with Crippen molar-refractivity contribution >= 4 is 32.1 Å². The van der Waals surface area contributed by atoms with E-state index in [1.807, 2.05) is 0 Å². The highest BCUT2D eigenvalue weighted by molar-refractivity contribution is 7.40. The van der Waals surface area contributed by atoms with E-state index in [1.54, 1.807) is 91.0 Å². The maximum absolute atomic E-state index is 13.6. The molecule has 3 unspecified atom stereocenters. The van der Waals surface area contributed by atoms with Gasteiger partial charge in [-0.05, 0) is 28.2 Å². The van der Waals surface area contributed by atoms with E-state index in [0.717, 1.165) is 0 Å². The number of hydrogen-bond donors (Lipinski definition) is 5. The number of carboxylic acids is 1. The number of amides is 3. The van der Waals surface area contributed by atoms with Gasteiger partial charge in [0.2, 0.25) is 5.91 Å². The lowest BCUT2D eigenvalue weighted by Gasteiger charge is -2.30. The Bertz CT molecular complexity index is 1390. The van der Waals surface area contributed by atoms with Gasteiger partial charge in [0.1, 0.15) is 31.7 Å². The third-order valence-electron chi connectivity index (χ3n) is 6.47. The Labute approximate surface area is 249 Å². The van der Waals surface area contributed by atoms with Crippen LogP contribution in [0.2, 0.25) is 0 Å². The minimum Gasteiger partial charge on any atom is -0.481 e. The van der Waals surface area contributed by atoms with Gasteiger partial charge in [-0.1, -0.05) is 91.0 Å². The lowest BCUT2D eigenvalue weighted by Crippen LogP contribution is -2.63. The maximum Gasteiger partial charge on any atom is 0.536 e. The van der Waals surface area contributed by atoms with Crippen molar-refractivity contribution in [2.45, 2.75) is 50.3 Å². The normalized spacial score (nSPS) is 13.8. The molecule has 0 fully saturated rings. The van der Waals surface area contributed by atoms with Gasteiger partial charge in [0.25, 0.3) is 5.28 Å². The molecule has 3 amide bonds. The van der Waals surface area contributed by atoms with Crippen molar-refractivity contribution in [1.82, 2.24) is 16.0 Å². The van der Waals surface area contributed by atoms with Crippen LogP contribution in [0.1, 0.15) is 30.0 Å². The molecular formula is C30H33N3O9P+. The standard InChI is InChI=1S/C30H32N3O9P/c1-21(31-28(37)41-19-23-13-7-3-8-14-23)30(43(39)40,18-26(34)35)33-27(36)25(17-22-11-5-2-6-12-22)32-29(38)42-20-24-15-9-4-10-16-24/h2-16,21,25H,17-20H2,1H3,(H4-,31,32,33,34,35,36,37,38,39,40)/p+1/t21?,25-,30?/m0/s1. The Balaban J connectivity index is 1.79. The minimum absolute atomic E-state index is 0.0562. The molecule has 226 valence electrons. The van der Waals surface area contributed by atoms with E-state index in [9.17, 15) is 33.7 Å². The van der Waals surface area contributed by atoms with Crippen molar-refractivity contribution in [3.05, 3.63) is 108 Å². The molecule has 0 saturated heterocycles. The predicted molar refractivity (Wildman–Crippen MR) is 156 cm³/mol. The number of carboxylic acid groups (broad SMARTS) is 1. The average molecular weight is 611 g/mol. The highest BCUT2D eigenvalue weighted by atomic mass is 31.1.